The molecule has 26 N–H and O–H groups in total. The van der Waals surface area contributed by atoms with E-state index in [9.17, 15) is 137 Å². The molecule has 42 nitrogen and oxygen atoms in total. The van der Waals surface area contributed by atoms with Gasteiger partial charge in [-0.15, -0.1) is 0 Å². The zero-order valence-corrected chi connectivity index (χ0v) is 73.9. The molecule has 8 aliphatic carbocycles. The van der Waals surface area contributed by atoms with Gasteiger partial charge in [0, 0.05) is 0 Å². The minimum atomic E-state index is -1.95. The molecule has 728 valence electrons. The Kier molecular flexibility index (Phi) is 35.0. The van der Waals surface area contributed by atoms with Gasteiger partial charge in [0.15, 0.2) is 37.7 Å². The number of esters is 1. The molecule has 2 spiro atoms. The summed E-state index contributed by atoms with van der Waals surface area (Å²) in [6.07, 6.45) is -48.4. The molecule has 0 aromatic carbocycles. The van der Waals surface area contributed by atoms with Gasteiger partial charge in [0.1, 0.15) is 171 Å². The Balaban J connectivity index is 0.000000260. The third-order valence-corrected chi connectivity index (χ3v) is 32.1. The molecule has 0 radical (unpaired) electrons. The molecule has 15 aliphatic rings. The number of hydrogen-bond donors (Lipinski definition) is 25. The molecule has 39 unspecified atom stereocenters. The van der Waals surface area contributed by atoms with E-state index in [1.165, 1.54) is 0 Å². The van der Waals surface area contributed by atoms with E-state index in [4.69, 9.17) is 66.3 Å². The minimum Gasteiger partial charge on any atom is -0.870 e. The van der Waals surface area contributed by atoms with Crippen LogP contribution in [0.15, 0.2) is 24.3 Å². The zero-order chi connectivity index (χ0) is 89.4. The summed E-state index contributed by atoms with van der Waals surface area (Å²) in [7, 11) is 0. The van der Waals surface area contributed by atoms with Crippen molar-refractivity contribution in [1.82, 2.24) is 0 Å². The summed E-state index contributed by atoms with van der Waals surface area (Å²) in [4.78, 5) is 26.9. The van der Waals surface area contributed by atoms with Gasteiger partial charge in [-0.05, 0) is 173 Å². The Morgan fingerprint density at radius 1 is 0.339 bits per heavy atom. The fourth-order valence-corrected chi connectivity index (χ4v) is 25.6. The Morgan fingerprint density at radius 3 is 0.906 bits per heavy atom. The largest absolute Gasteiger partial charge is 1.00 e. The van der Waals surface area contributed by atoms with Gasteiger partial charge in [-0.1, -0.05) is 54.7 Å². The predicted molar refractivity (Wildman–Crippen MR) is 421 cm³/mol. The number of hydrogen-bond acceptors (Lipinski definition) is 41. The van der Waals surface area contributed by atoms with Crippen LogP contribution in [0.1, 0.15) is 158 Å². The fraction of sp³-hybridized carbons (Fsp3) is 0.929. The maximum Gasteiger partial charge on any atom is 1.00 e. The third-order valence-electron chi connectivity index (χ3n) is 32.1. The van der Waals surface area contributed by atoms with Crippen LogP contribution in [0.25, 0.3) is 0 Å². The number of rotatable bonds is 22. The van der Waals surface area contributed by atoms with Crippen LogP contribution >= 0.6 is 0 Å². The van der Waals surface area contributed by atoms with Gasteiger partial charge in [0.25, 0.3) is 0 Å². The quantitative estimate of drug-likeness (QED) is 0.0207. The second kappa shape index (κ2) is 41.3. The summed E-state index contributed by atoms with van der Waals surface area (Å²) >= 11 is 0. The third kappa shape index (κ3) is 18.7. The number of carbonyl (C=O) groups is 2. The topological polar surface area (TPSA) is 699 Å². The van der Waals surface area contributed by atoms with E-state index in [1.54, 1.807) is 0 Å². The molecular weight excluding hydrogens is 1720 g/mol. The minimum absolute atomic E-state index is 0. The Bertz CT molecular complexity index is 3670. The molecule has 47 atom stereocenters. The van der Waals surface area contributed by atoms with Crippen molar-refractivity contribution in [2.45, 2.75) is 384 Å². The first-order chi connectivity index (χ1) is 58.0. The number of carbonyl (C=O) groups excluding carboxylic acids is 1. The molecule has 7 saturated heterocycles. The maximum absolute atomic E-state index is 14.3. The van der Waals surface area contributed by atoms with E-state index in [-0.39, 0.29) is 106 Å². The van der Waals surface area contributed by atoms with Gasteiger partial charge < -0.3 is 199 Å². The molecular formula is C84H139KO42. The van der Waals surface area contributed by atoms with Gasteiger partial charge in [-0.3, -0.25) is 9.59 Å². The average Bonchev–Trinajstić information content (AvgIpc) is 1.59. The summed E-state index contributed by atoms with van der Waals surface area (Å²) in [6, 6.07) is 0. The van der Waals surface area contributed by atoms with Gasteiger partial charge >= 0.3 is 63.3 Å². The van der Waals surface area contributed by atoms with E-state index in [1.807, 2.05) is 13.8 Å². The number of aliphatic carboxylic acids is 1. The normalized spacial score (nSPS) is 52.9. The van der Waals surface area contributed by atoms with Crippen molar-refractivity contribution in [2.24, 2.45) is 56.2 Å². The van der Waals surface area contributed by atoms with Crippen molar-refractivity contribution in [2.75, 3.05) is 46.2 Å². The van der Waals surface area contributed by atoms with Crippen LogP contribution in [0.2, 0.25) is 0 Å². The summed E-state index contributed by atoms with van der Waals surface area (Å²) < 4.78 is 84.9. The molecule has 0 amide bonds. The van der Waals surface area contributed by atoms with Crippen LogP contribution in [-0.4, -0.2) is 417 Å². The molecule has 8 saturated carbocycles. The standard InChI is InChI=1S/C44H70O23.C38H60O18.2CH4.K.H2O/c1-17-11-43-9-5-22-41(2,7-4-8-42(22,3)40(59)66-38-33(58)30(55)26(51)20(14-47)62-38)23(43)6-10-44(17,16-43)67-39-35(65-37-32(57)29(54)25(50)19(13-46)61-37)34(27(52)21(15-48)63-39)64-36-31(56)28(53)24(49)18(12-45)60-36;1-16-11-37-9-5-20-35(2,7-4-8-36(20,3)34(49)50)21(37)6-10-38(16,15-37)56-33-30(55-32-28(48)26(46)23(43)18(13-40)52-32)29(24(44)19(14-41)53-33)54-31-27(47)25(45)22(42)17(12-39)51-31;;;;/h18-39,45-58H,1,4-16H2,2-3H3;17-33,39-48H,1,4-15H2,2-3H3,(H,49,50);2*1H4;;1H2/q;;;;+1;/p-1/t18?,19?,20?,21?,22?,23?,24?,25?,26?,27?,28?,29?,30?,31?,32?,33?,34?,35?,36?,37?,38?,39?,41-,42-,43-,44+;17?,18?,19?,20?,21?,22?,23?,24?,25?,26?,27?,28?,29?,30?,31?,32?,33?,35-,36-,37-,38+;;;;/m11..../s1. The fourth-order valence-electron chi connectivity index (χ4n) is 25.6. The van der Waals surface area contributed by atoms with Gasteiger partial charge in [-0.25, -0.2) is 0 Å². The number of carboxylic acid groups (broad SMARTS) is 1. The molecule has 0 aromatic rings. The van der Waals surface area contributed by atoms with Crippen molar-refractivity contribution in [3.05, 3.63) is 24.3 Å². The summed E-state index contributed by atoms with van der Waals surface area (Å²) in [5.74, 6) is -1.41. The van der Waals surface area contributed by atoms with Crippen molar-refractivity contribution < 1.29 is 260 Å². The van der Waals surface area contributed by atoms with Crippen LogP contribution < -0.4 is 51.4 Å². The van der Waals surface area contributed by atoms with Gasteiger partial charge in [0.2, 0.25) is 6.29 Å². The van der Waals surface area contributed by atoms with Crippen molar-refractivity contribution in [3.8, 4) is 0 Å². The molecule has 15 fully saturated rings. The van der Waals surface area contributed by atoms with Crippen LogP contribution in [0.3, 0.4) is 0 Å². The van der Waals surface area contributed by atoms with Crippen molar-refractivity contribution >= 4 is 11.9 Å². The SMILES string of the molecule is C.C.C=C1C[C@@]23CCC4[C@@](C)(CCC[C@@]4(C)C(=O)O)C2CC[C@]1(OC1OC(CO)C(O)C(OC2OC(CO)C(O)C(O)C2O)C1OC1OC(CO)C(O)C(O)C1O)C3.C=C1C[C@@]23CCC4[C@@](C)(CCC[C@@]4(C)C(=O)OC4OC(CO)C(O)C(O)C4O)C2CC[C@]1(OC1OC(CO)C(O)C(OC2OC(CO)C(O)C(O)C2O)C1OC1OC(CO)C(O)C(O)C1O)C3.[K+].[OH-]. The molecule has 43 heteroatoms. The van der Waals surface area contributed by atoms with Crippen molar-refractivity contribution in [1.29, 1.82) is 0 Å². The second-order valence-electron chi connectivity index (χ2n) is 38.8. The second-order valence-corrected chi connectivity index (χ2v) is 38.8. The van der Waals surface area contributed by atoms with E-state index in [0.717, 1.165) is 37.7 Å². The monoisotopic (exact) mass is 1860 g/mol. The number of aliphatic hydroxyl groups excluding tert-OH is 24. The molecule has 0 aromatic heterocycles. The Morgan fingerprint density at radius 2 is 0.598 bits per heavy atom. The van der Waals surface area contributed by atoms with Crippen LogP contribution in [0.5, 0.6) is 0 Å². The summed E-state index contributed by atoms with van der Waals surface area (Å²) in [6.45, 7) is 11.7. The van der Waals surface area contributed by atoms with Gasteiger partial charge in [-0.2, -0.15) is 0 Å². The first kappa shape index (κ1) is 108. The maximum atomic E-state index is 14.3. The summed E-state index contributed by atoms with van der Waals surface area (Å²) in [5.41, 5.74) is -3.95. The first-order valence-corrected chi connectivity index (χ1v) is 43.2. The van der Waals surface area contributed by atoms with E-state index >= 15 is 0 Å². The van der Waals surface area contributed by atoms with E-state index in [2.05, 4.69) is 27.0 Å². The molecule has 4 bridgehead atoms. The van der Waals surface area contributed by atoms with E-state index < -0.39 is 306 Å². The number of ether oxygens (including phenoxy) is 14. The molecule has 7 heterocycles. The van der Waals surface area contributed by atoms with Gasteiger partial charge in [0.05, 0.1) is 68.3 Å². The Labute approximate surface area is 778 Å². The zero-order valence-electron chi connectivity index (χ0n) is 70.8. The van der Waals surface area contributed by atoms with Crippen LogP contribution in [0, 0.1) is 56.2 Å². The number of carboxylic acids is 1. The first-order valence-electron chi connectivity index (χ1n) is 43.2. The predicted octanol–water partition coefficient (Wildman–Crippen LogP) is -9.39. The number of fused-ring (bicyclic) bond motifs is 6. The molecule has 7 aliphatic heterocycles. The molecule has 127 heavy (non-hydrogen) atoms. The average molecular weight is 1860 g/mol. The molecule has 15 rings (SSSR count). The van der Waals surface area contributed by atoms with Crippen LogP contribution in [-0.2, 0) is 75.9 Å². The van der Waals surface area contributed by atoms with Crippen molar-refractivity contribution in [3.63, 3.8) is 0 Å². The summed E-state index contributed by atoms with van der Waals surface area (Å²) in [5, 5.41) is 263. The Hall–Kier alpha value is -1.46. The number of aliphatic hydroxyl groups is 24. The van der Waals surface area contributed by atoms with E-state index in [0.29, 0.717) is 89.0 Å². The smallest absolute Gasteiger partial charge is 0.870 e. The van der Waals surface area contributed by atoms with Crippen LogP contribution in [0.4, 0.5) is 0 Å².